The van der Waals surface area contributed by atoms with Gasteiger partial charge in [0.25, 0.3) is 11.8 Å². The van der Waals surface area contributed by atoms with E-state index in [1.807, 2.05) is 0 Å². The van der Waals surface area contributed by atoms with Gasteiger partial charge in [-0.25, -0.2) is 8.78 Å². The van der Waals surface area contributed by atoms with Crippen molar-refractivity contribution in [3.8, 4) is 5.88 Å². The van der Waals surface area contributed by atoms with E-state index in [1.165, 1.54) is 24.1 Å². The van der Waals surface area contributed by atoms with Crippen molar-refractivity contribution in [2.24, 2.45) is 0 Å². The number of methoxy groups -OCH3 is 1. The number of carbonyl (C=O) groups excluding carboxylic acids is 1. The molecule has 1 saturated heterocycles. The third kappa shape index (κ3) is 2.89. The maximum absolute atomic E-state index is 13.4. The summed E-state index contributed by atoms with van der Waals surface area (Å²) < 4.78 is 36.3. The Kier molecular flexibility index (Phi) is 3.99. The number of nitrogens with zero attached hydrogens (tertiary/aromatic N) is 2. The van der Waals surface area contributed by atoms with Gasteiger partial charge in [0.2, 0.25) is 5.76 Å². The van der Waals surface area contributed by atoms with Crippen molar-refractivity contribution in [3.63, 3.8) is 0 Å². The van der Waals surface area contributed by atoms with Crippen LogP contribution in [0.3, 0.4) is 0 Å². The van der Waals surface area contributed by atoms with E-state index in [0.717, 1.165) is 12.1 Å². The first-order valence-corrected chi connectivity index (χ1v) is 6.94. The van der Waals surface area contributed by atoms with Gasteiger partial charge in [-0.2, -0.15) is 0 Å². The van der Waals surface area contributed by atoms with Gasteiger partial charge in [-0.1, -0.05) is 6.07 Å². The average molecular weight is 324 g/mol. The number of halogens is 2. The lowest BCUT2D eigenvalue weighted by Crippen LogP contribution is -2.31. The standard InChI is InChI=1S/C15H14F2N2O4/c1-22-14-6-13(23-18-14)15(21)19-7-9(20)5-12(19)8-2-3-10(16)11(17)4-8/h2-4,6,9,12,20H,5,7H2,1H3/t9-,12-/m0/s1. The zero-order valence-electron chi connectivity index (χ0n) is 12.2. The first-order chi connectivity index (χ1) is 11.0. The van der Waals surface area contributed by atoms with Gasteiger partial charge in [-0.05, 0) is 29.3 Å². The van der Waals surface area contributed by atoms with Crippen LogP contribution in [0.4, 0.5) is 8.78 Å². The Bertz CT molecular complexity index is 734. The van der Waals surface area contributed by atoms with Crippen LogP contribution >= 0.6 is 0 Å². The smallest absolute Gasteiger partial charge is 0.293 e. The van der Waals surface area contributed by atoms with Crippen LogP contribution in [0.25, 0.3) is 0 Å². The molecule has 122 valence electrons. The quantitative estimate of drug-likeness (QED) is 0.933. The van der Waals surface area contributed by atoms with Gasteiger partial charge in [0.05, 0.1) is 25.3 Å². The lowest BCUT2D eigenvalue weighted by Gasteiger charge is -2.23. The lowest BCUT2D eigenvalue weighted by molar-refractivity contribution is 0.0673. The molecule has 0 unspecified atom stereocenters. The Morgan fingerprint density at radius 1 is 1.39 bits per heavy atom. The molecule has 1 aliphatic heterocycles. The highest BCUT2D eigenvalue weighted by Gasteiger charge is 2.37. The zero-order chi connectivity index (χ0) is 16.6. The third-order valence-corrected chi connectivity index (χ3v) is 3.78. The van der Waals surface area contributed by atoms with Gasteiger partial charge in [0, 0.05) is 6.54 Å². The van der Waals surface area contributed by atoms with Crippen LogP contribution in [0, 0.1) is 11.6 Å². The Morgan fingerprint density at radius 2 is 2.17 bits per heavy atom. The summed E-state index contributed by atoms with van der Waals surface area (Å²) in [5, 5.41) is 13.4. The van der Waals surface area contributed by atoms with Crippen molar-refractivity contribution < 1.29 is 27.9 Å². The lowest BCUT2D eigenvalue weighted by atomic mass is 10.0. The molecule has 0 aliphatic carbocycles. The Morgan fingerprint density at radius 3 is 2.83 bits per heavy atom. The van der Waals surface area contributed by atoms with Gasteiger partial charge < -0.3 is 19.3 Å². The molecule has 1 N–H and O–H groups in total. The van der Waals surface area contributed by atoms with Gasteiger partial charge in [-0.15, -0.1) is 0 Å². The Balaban J connectivity index is 1.89. The zero-order valence-corrected chi connectivity index (χ0v) is 12.2. The van der Waals surface area contributed by atoms with E-state index in [1.54, 1.807) is 0 Å². The van der Waals surface area contributed by atoms with E-state index in [-0.39, 0.29) is 24.6 Å². The van der Waals surface area contributed by atoms with Crippen molar-refractivity contribution in [2.75, 3.05) is 13.7 Å². The molecule has 2 aromatic rings. The van der Waals surface area contributed by atoms with E-state index < -0.39 is 29.7 Å². The second kappa shape index (κ2) is 5.96. The summed E-state index contributed by atoms with van der Waals surface area (Å²) in [6.45, 7) is 0.0610. The summed E-state index contributed by atoms with van der Waals surface area (Å²) in [4.78, 5) is 13.9. The number of carbonyl (C=O) groups is 1. The molecule has 0 bridgehead atoms. The minimum Gasteiger partial charge on any atom is -0.479 e. The molecule has 2 heterocycles. The average Bonchev–Trinajstić information content (AvgIpc) is 3.16. The number of aliphatic hydroxyl groups excluding tert-OH is 1. The fourth-order valence-electron chi connectivity index (χ4n) is 2.67. The second-order valence-electron chi connectivity index (χ2n) is 5.27. The molecule has 1 fully saturated rings. The van der Waals surface area contributed by atoms with Crippen LogP contribution < -0.4 is 4.74 Å². The SMILES string of the molecule is COc1cc(C(=O)N2C[C@@H](O)C[C@H]2c2ccc(F)c(F)c2)on1. The number of aliphatic hydroxyl groups is 1. The molecule has 0 saturated carbocycles. The third-order valence-electron chi connectivity index (χ3n) is 3.78. The maximum atomic E-state index is 13.4. The van der Waals surface area contributed by atoms with Crippen molar-refractivity contribution in [2.45, 2.75) is 18.6 Å². The molecule has 2 atom stereocenters. The minimum absolute atomic E-state index is 0.0523. The van der Waals surface area contributed by atoms with Crippen molar-refractivity contribution >= 4 is 5.91 Å². The van der Waals surface area contributed by atoms with Crippen LogP contribution in [-0.4, -0.2) is 40.8 Å². The largest absolute Gasteiger partial charge is 0.479 e. The summed E-state index contributed by atoms with van der Waals surface area (Å²) in [5.41, 5.74) is 0.403. The summed E-state index contributed by atoms with van der Waals surface area (Å²) in [7, 11) is 1.38. The number of benzene rings is 1. The number of ether oxygens (including phenoxy) is 1. The van der Waals surface area contributed by atoms with E-state index >= 15 is 0 Å². The molecule has 3 rings (SSSR count). The Labute approximate surface area is 130 Å². The number of β-amino-alcohol motifs (C(OH)–C–C–N with tert-alkyl or cyclic N) is 1. The van der Waals surface area contributed by atoms with E-state index in [9.17, 15) is 18.7 Å². The normalized spacial score (nSPS) is 20.8. The number of hydrogen-bond donors (Lipinski definition) is 1. The Hall–Kier alpha value is -2.48. The number of rotatable bonds is 3. The number of amides is 1. The predicted molar refractivity (Wildman–Crippen MR) is 73.8 cm³/mol. The molecule has 1 aromatic carbocycles. The topological polar surface area (TPSA) is 75.8 Å². The fourth-order valence-corrected chi connectivity index (χ4v) is 2.67. The van der Waals surface area contributed by atoms with Gasteiger partial charge in [-0.3, -0.25) is 4.79 Å². The monoisotopic (exact) mass is 324 g/mol. The molecule has 1 aromatic heterocycles. The summed E-state index contributed by atoms with van der Waals surface area (Å²) in [6.07, 6.45) is -0.538. The number of hydrogen-bond acceptors (Lipinski definition) is 5. The van der Waals surface area contributed by atoms with Crippen LogP contribution in [-0.2, 0) is 0 Å². The van der Waals surface area contributed by atoms with E-state index in [4.69, 9.17) is 9.26 Å². The molecule has 8 heteroatoms. The first-order valence-electron chi connectivity index (χ1n) is 6.94. The second-order valence-corrected chi connectivity index (χ2v) is 5.27. The van der Waals surface area contributed by atoms with Crippen molar-refractivity contribution in [1.29, 1.82) is 0 Å². The van der Waals surface area contributed by atoms with Crippen molar-refractivity contribution in [1.82, 2.24) is 10.1 Å². The van der Waals surface area contributed by atoms with Gasteiger partial charge in [0.15, 0.2) is 11.6 Å². The van der Waals surface area contributed by atoms with E-state index in [2.05, 4.69) is 5.16 Å². The summed E-state index contributed by atoms with van der Waals surface area (Å²) >= 11 is 0. The van der Waals surface area contributed by atoms with Crippen LogP contribution in [0.5, 0.6) is 5.88 Å². The molecule has 23 heavy (non-hydrogen) atoms. The van der Waals surface area contributed by atoms with Gasteiger partial charge >= 0.3 is 0 Å². The summed E-state index contributed by atoms with van der Waals surface area (Å²) in [6, 6.07) is 4.16. The molecule has 0 radical (unpaired) electrons. The highest BCUT2D eigenvalue weighted by atomic mass is 19.2. The van der Waals surface area contributed by atoms with Gasteiger partial charge in [0.1, 0.15) is 0 Å². The minimum atomic E-state index is -1.00. The molecule has 0 spiro atoms. The van der Waals surface area contributed by atoms with Crippen LogP contribution in [0.1, 0.15) is 28.6 Å². The summed E-state index contributed by atoms with van der Waals surface area (Å²) in [5.74, 6) is -2.38. The number of likely N-dealkylation sites (tertiary alicyclic amines) is 1. The van der Waals surface area contributed by atoms with Crippen molar-refractivity contribution in [3.05, 3.63) is 47.2 Å². The molecule has 1 aliphatic rings. The highest BCUT2D eigenvalue weighted by Crippen LogP contribution is 2.34. The molecule has 6 nitrogen and oxygen atoms in total. The predicted octanol–water partition coefficient (Wildman–Crippen LogP) is 1.91. The maximum Gasteiger partial charge on any atom is 0.293 e. The van der Waals surface area contributed by atoms with E-state index in [0.29, 0.717) is 5.56 Å². The fraction of sp³-hybridized carbons (Fsp3) is 0.333. The molecular formula is C15H14F2N2O4. The van der Waals surface area contributed by atoms with Crippen LogP contribution in [0.15, 0.2) is 28.8 Å². The first kappa shape index (κ1) is 15.4. The molecular weight excluding hydrogens is 310 g/mol. The van der Waals surface area contributed by atoms with Crippen LogP contribution in [0.2, 0.25) is 0 Å². The highest BCUT2D eigenvalue weighted by molar-refractivity contribution is 5.92. The molecule has 1 amide bonds. The number of aromatic nitrogens is 1.